The molecule has 0 spiro atoms. The van der Waals surface area contributed by atoms with Crippen molar-refractivity contribution < 1.29 is 9.47 Å². The van der Waals surface area contributed by atoms with E-state index in [9.17, 15) is 0 Å². The largest absolute Gasteiger partial charge is 0.496 e. The molecule has 0 radical (unpaired) electrons. The second-order valence-corrected chi connectivity index (χ2v) is 4.33. The predicted octanol–water partition coefficient (Wildman–Crippen LogP) is 1.93. The van der Waals surface area contributed by atoms with Crippen LogP contribution in [0.4, 0.5) is 0 Å². The summed E-state index contributed by atoms with van der Waals surface area (Å²) >= 11 is 0. The third-order valence-electron chi connectivity index (χ3n) is 2.63. The molecule has 96 valence electrons. The number of benzene rings is 1. The molecule has 1 aromatic rings. The molecule has 0 bridgehead atoms. The van der Waals surface area contributed by atoms with Crippen molar-refractivity contribution in [3.63, 3.8) is 0 Å². The smallest absolute Gasteiger partial charge is 0.122 e. The van der Waals surface area contributed by atoms with E-state index in [2.05, 4.69) is 5.43 Å². The van der Waals surface area contributed by atoms with E-state index in [1.165, 1.54) is 0 Å². The molecule has 4 nitrogen and oxygen atoms in total. The lowest BCUT2D eigenvalue weighted by Crippen LogP contribution is -2.32. The van der Waals surface area contributed by atoms with Crippen LogP contribution in [0.2, 0.25) is 0 Å². The molecule has 4 heteroatoms. The zero-order valence-corrected chi connectivity index (χ0v) is 11.0. The summed E-state index contributed by atoms with van der Waals surface area (Å²) in [5.41, 5.74) is 4.94. The summed E-state index contributed by atoms with van der Waals surface area (Å²) in [5, 5.41) is 0. The van der Waals surface area contributed by atoms with Crippen molar-refractivity contribution in [1.29, 1.82) is 0 Å². The van der Waals surface area contributed by atoms with Gasteiger partial charge in [-0.2, -0.15) is 0 Å². The lowest BCUT2D eigenvalue weighted by atomic mass is 10.1. The van der Waals surface area contributed by atoms with Gasteiger partial charge in [0.15, 0.2) is 0 Å². The minimum Gasteiger partial charge on any atom is -0.496 e. The Bertz CT molecular complexity index is 353. The SMILES string of the molecule is COc1cc(C(COC(C)C)NN)ccc1C. The van der Waals surface area contributed by atoms with Gasteiger partial charge in [0.1, 0.15) is 5.75 Å². The third-order valence-corrected chi connectivity index (χ3v) is 2.63. The Labute approximate surface area is 103 Å². The minimum atomic E-state index is -0.0214. The van der Waals surface area contributed by atoms with Crippen LogP contribution in [0.25, 0.3) is 0 Å². The van der Waals surface area contributed by atoms with Gasteiger partial charge in [-0.3, -0.25) is 11.3 Å². The molecule has 0 aliphatic carbocycles. The molecule has 0 amide bonds. The van der Waals surface area contributed by atoms with Crippen LogP contribution in [0.15, 0.2) is 18.2 Å². The van der Waals surface area contributed by atoms with E-state index in [1.807, 2.05) is 39.0 Å². The van der Waals surface area contributed by atoms with Crippen molar-refractivity contribution >= 4 is 0 Å². The molecule has 3 N–H and O–H groups in total. The highest BCUT2D eigenvalue weighted by molar-refractivity contribution is 5.37. The van der Waals surface area contributed by atoms with Gasteiger partial charge >= 0.3 is 0 Å². The van der Waals surface area contributed by atoms with E-state index in [0.717, 1.165) is 16.9 Å². The summed E-state index contributed by atoms with van der Waals surface area (Å²) < 4.78 is 10.9. The summed E-state index contributed by atoms with van der Waals surface area (Å²) in [6.45, 7) is 6.56. The number of nitrogens with two attached hydrogens (primary N) is 1. The highest BCUT2D eigenvalue weighted by atomic mass is 16.5. The van der Waals surface area contributed by atoms with Crippen LogP contribution in [0.5, 0.6) is 5.75 Å². The summed E-state index contributed by atoms with van der Waals surface area (Å²) in [4.78, 5) is 0. The Morgan fingerprint density at radius 2 is 2.06 bits per heavy atom. The molecule has 0 fully saturated rings. The van der Waals surface area contributed by atoms with Gasteiger partial charge in [-0.15, -0.1) is 0 Å². The van der Waals surface area contributed by atoms with Gasteiger partial charge in [0, 0.05) is 0 Å². The van der Waals surface area contributed by atoms with E-state index in [0.29, 0.717) is 6.61 Å². The van der Waals surface area contributed by atoms with Gasteiger partial charge in [-0.05, 0) is 38.0 Å². The van der Waals surface area contributed by atoms with Gasteiger partial charge in [0.2, 0.25) is 0 Å². The number of aryl methyl sites for hydroxylation is 1. The fraction of sp³-hybridized carbons (Fsp3) is 0.538. The topological polar surface area (TPSA) is 56.5 Å². The molecule has 0 aromatic heterocycles. The molecule has 1 atom stereocenters. The first-order valence-electron chi connectivity index (χ1n) is 5.80. The highest BCUT2D eigenvalue weighted by Crippen LogP contribution is 2.23. The van der Waals surface area contributed by atoms with Crippen LogP contribution in [-0.2, 0) is 4.74 Å². The number of hydrazine groups is 1. The van der Waals surface area contributed by atoms with Crippen molar-refractivity contribution in [1.82, 2.24) is 5.43 Å². The first-order chi connectivity index (χ1) is 8.08. The van der Waals surface area contributed by atoms with E-state index in [-0.39, 0.29) is 12.1 Å². The lowest BCUT2D eigenvalue weighted by molar-refractivity contribution is 0.0611. The molecular formula is C13H22N2O2. The van der Waals surface area contributed by atoms with Crippen LogP contribution in [0, 0.1) is 6.92 Å². The molecule has 0 heterocycles. The maximum Gasteiger partial charge on any atom is 0.122 e. The summed E-state index contributed by atoms with van der Waals surface area (Å²) in [7, 11) is 1.67. The van der Waals surface area contributed by atoms with Gasteiger partial charge in [0.05, 0.1) is 25.9 Å². The normalized spacial score (nSPS) is 12.8. The average Bonchev–Trinajstić information content (AvgIpc) is 2.31. The second-order valence-electron chi connectivity index (χ2n) is 4.33. The van der Waals surface area contributed by atoms with Crippen LogP contribution >= 0.6 is 0 Å². The summed E-state index contributed by atoms with van der Waals surface area (Å²) in [6, 6.07) is 6.02. The number of hydrogen-bond donors (Lipinski definition) is 2. The van der Waals surface area contributed by atoms with Crippen molar-refractivity contribution in [2.24, 2.45) is 5.84 Å². The summed E-state index contributed by atoms with van der Waals surface area (Å²) in [6.07, 6.45) is 0.193. The fourth-order valence-electron chi connectivity index (χ4n) is 1.58. The number of rotatable bonds is 6. The minimum absolute atomic E-state index is 0.0214. The Morgan fingerprint density at radius 1 is 1.35 bits per heavy atom. The third kappa shape index (κ3) is 4.00. The van der Waals surface area contributed by atoms with Gasteiger partial charge in [-0.25, -0.2) is 0 Å². The Balaban J connectivity index is 2.80. The molecule has 0 aliphatic rings. The van der Waals surface area contributed by atoms with Crippen molar-refractivity contribution in [3.05, 3.63) is 29.3 Å². The molecule has 17 heavy (non-hydrogen) atoms. The number of nitrogens with one attached hydrogen (secondary N) is 1. The van der Waals surface area contributed by atoms with Crippen LogP contribution < -0.4 is 16.0 Å². The maximum atomic E-state index is 5.57. The monoisotopic (exact) mass is 238 g/mol. The Kier molecular flexibility index (Phi) is 5.41. The molecular weight excluding hydrogens is 216 g/mol. The molecule has 1 unspecified atom stereocenters. The first kappa shape index (κ1) is 14.0. The number of ether oxygens (including phenoxy) is 2. The molecule has 0 saturated carbocycles. The van der Waals surface area contributed by atoms with Crippen molar-refractivity contribution in [2.45, 2.75) is 32.9 Å². The molecule has 0 saturated heterocycles. The summed E-state index contributed by atoms with van der Waals surface area (Å²) in [5.74, 6) is 6.42. The van der Waals surface area contributed by atoms with Gasteiger partial charge in [0.25, 0.3) is 0 Å². The molecule has 1 aromatic carbocycles. The first-order valence-corrected chi connectivity index (χ1v) is 5.80. The van der Waals surface area contributed by atoms with Gasteiger partial charge < -0.3 is 9.47 Å². The predicted molar refractivity (Wildman–Crippen MR) is 68.9 cm³/mol. The van der Waals surface area contributed by atoms with Crippen LogP contribution in [-0.4, -0.2) is 19.8 Å². The fourth-order valence-corrected chi connectivity index (χ4v) is 1.58. The molecule has 1 rings (SSSR count). The Hall–Kier alpha value is -1.10. The van der Waals surface area contributed by atoms with Crippen LogP contribution in [0.3, 0.4) is 0 Å². The van der Waals surface area contributed by atoms with Crippen molar-refractivity contribution in [2.75, 3.05) is 13.7 Å². The number of hydrogen-bond acceptors (Lipinski definition) is 4. The lowest BCUT2D eigenvalue weighted by Gasteiger charge is -2.19. The van der Waals surface area contributed by atoms with E-state index < -0.39 is 0 Å². The van der Waals surface area contributed by atoms with Crippen molar-refractivity contribution in [3.8, 4) is 5.75 Å². The van der Waals surface area contributed by atoms with Crippen LogP contribution in [0.1, 0.15) is 31.0 Å². The van der Waals surface area contributed by atoms with E-state index in [4.69, 9.17) is 15.3 Å². The highest BCUT2D eigenvalue weighted by Gasteiger charge is 2.12. The number of methoxy groups -OCH3 is 1. The van der Waals surface area contributed by atoms with Gasteiger partial charge in [-0.1, -0.05) is 12.1 Å². The Morgan fingerprint density at radius 3 is 2.59 bits per heavy atom. The van der Waals surface area contributed by atoms with E-state index >= 15 is 0 Å². The molecule has 0 aliphatic heterocycles. The zero-order valence-electron chi connectivity index (χ0n) is 11.0. The zero-order chi connectivity index (χ0) is 12.8. The maximum absolute atomic E-state index is 5.57. The average molecular weight is 238 g/mol. The van der Waals surface area contributed by atoms with E-state index in [1.54, 1.807) is 7.11 Å². The second kappa shape index (κ2) is 6.59. The quantitative estimate of drug-likeness (QED) is 0.587. The standard InChI is InChI=1S/C13H22N2O2/c1-9(2)17-8-12(15-14)11-6-5-10(3)13(7-11)16-4/h5-7,9,12,15H,8,14H2,1-4H3.